The van der Waals surface area contributed by atoms with Crippen molar-refractivity contribution in [3.05, 3.63) is 101 Å². The average Bonchev–Trinajstić information content (AvgIpc) is 3.58. The zero-order valence-corrected chi connectivity index (χ0v) is 39.0. The molecule has 2 aromatic heterocycles. The molecular weight excluding hydrogens is 1050 g/mol. The Hall–Kier alpha value is -6.20. The molecule has 20 nitrogen and oxygen atoms in total. The summed E-state index contributed by atoms with van der Waals surface area (Å²) in [6, 6.07) is 8.76. The predicted octanol–water partition coefficient (Wildman–Crippen LogP) is 7.38. The molecule has 0 bridgehead atoms. The molecule has 31 heteroatoms. The molecule has 3 heterocycles. The van der Waals surface area contributed by atoms with Gasteiger partial charge in [-0.25, -0.2) is 41.6 Å². The molecule has 1 aliphatic heterocycles. The first-order valence-corrected chi connectivity index (χ1v) is 22.7. The molecule has 0 unspecified atom stereocenters. The number of halogens is 8. The number of alkyl halides is 4. The normalized spacial score (nSPS) is 12.1. The molecule has 0 aliphatic carbocycles. The van der Waals surface area contributed by atoms with E-state index < -0.39 is 81.2 Å². The number of methoxy groups -OCH3 is 2. The van der Waals surface area contributed by atoms with Gasteiger partial charge in [0.25, 0.3) is 10.0 Å². The lowest BCUT2D eigenvalue weighted by atomic mass is 10.2. The summed E-state index contributed by atoms with van der Waals surface area (Å²) in [6.45, 7) is -5.49. The Balaban J connectivity index is 0.000000239. The van der Waals surface area contributed by atoms with E-state index in [1.54, 1.807) is 14.7 Å². The summed E-state index contributed by atoms with van der Waals surface area (Å²) < 4.78 is 110. The summed E-state index contributed by atoms with van der Waals surface area (Å²) in [7, 11) is -2.08. The first-order chi connectivity index (χ1) is 32.0. The van der Waals surface area contributed by atoms with Crippen molar-refractivity contribution in [2.45, 2.75) is 48.9 Å². The number of anilines is 1. The molecule has 0 atom stereocenters. The number of hydrogen-bond acceptors (Lipinski definition) is 16. The smallest absolute Gasteiger partial charge is 0.388 e. The summed E-state index contributed by atoms with van der Waals surface area (Å²) in [5.74, 6) is -6.46. The highest BCUT2D eigenvalue weighted by Gasteiger charge is 2.25. The van der Waals surface area contributed by atoms with Crippen LogP contribution in [-0.4, -0.2) is 95.1 Å². The lowest BCUT2D eigenvalue weighted by Gasteiger charge is -2.15. The van der Waals surface area contributed by atoms with Gasteiger partial charge in [-0.05, 0) is 60.6 Å². The van der Waals surface area contributed by atoms with Gasteiger partial charge in [0.05, 0.1) is 46.7 Å². The summed E-state index contributed by atoms with van der Waals surface area (Å²) in [5.41, 5.74) is -0.676. The number of rotatable bonds is 14. The Morgan fingerprint density at radius 1 is 0.882 bits per heavy atom. The number of nitrogens with one attached hydrogen (secondary N) is 2. The van der Waals surface area contributed by atoms with E-state index >= 15 is 0 Å². The molecule has 366 valence electrons. The fourth-order valence-corrected chi connectivity index (χ4v) is 8.87. The SMILES string of the molecule is COC(=O)CSc1cc(/N=c2\sc(=O)n3n2CCCC3)c(F)cc1Cl.COc1c(Cl)ccc(Cl)c1C(=O)O.O=C(Nc1nc(OC(F)F)cc(OC(F)F)n1)NS(=O)(=O)c1ccccc1C(=O)O. The van der Waals surface area contributed by atoms with Crippen molar-refractivity contribution in [3.63, 3.8) is 0 Å². The van der Waals surface area contributed by atoms with E-state index in [4.69, 9.17) is 49.8 Å². The average molecular weight is 1080 g/mol. The molecule has 0 radical (unpaired) electrons. The van der Waals surface area contributed by atoms with Crippen molar-refractivity contribution in [2.75, 3.05) is 25.3 Å². The van der Waals surface area contributed by atoms with Gasteiger partial charge < -0.3 is 29.2 Å². The van der Waals surface area contributed by atoms with Gasteiger partial charge >= 0.3 is 42.0 Å². The highest BCUT2D eigenvalue weighted by molar-refractivity contribution is 8.00. The Labute approximate surface area is 402 Å². The van der Waals surface area contributed by atoms with Gasteiger partial charge in [0.15, 0.2) is 5.75 Å². The van der Waals surface area contributed by atoms with Crippen LogP contribution in [0.2, 0.25) is 15.1 Å². The van der Waals surface area contributed by atoms with Crippen LogP contribution in [0.4, 0.5) is 38.4 Å². The van der Waals surface area contributed by atoms with Crippen LogP contribution in [0.3, 0.4) is 0 Å². The van der Waals surface area contributed by atoms with Crippen LogP contribution in [0.1, 0.15) is 33.6 Å². The molecule has 3 aromatic carbocycles. The Bertz CT molecular complexity index is 2900. The van der Waals surface area contributed by atoms with Crippen LogP contribution < -0.4 is 33.9 Å². The lowest BCUT2D eigenvalue weighted by Crippen LogP contribution is -2.35. The summed E-state index contributed by atoms with van der Waals surface area (Å²) in [6.07, 6.45) is 1.90. The molecule has 0 fully saturated rings. The second kappa shape index (κ2) is 24.7. The Morgan fingerprint density at radius 2 is 1.49 bits per heavy atom. The number of sulfonamides is 1. The van der Waals surface area contributed by atoms with E-state index in [1.165, 1.54) is 49.3 Å². The fourth-order valence-electron chi connectivity index (χ4n) is 5.31. The molecule has 68 heavy (non-hydrogen) atoms. The number of esters is 1. The monoisotopic (exact) mass is 1080 g/mol. The molecule has 0 saturated heterocycles. The maximum absolute atomic E-state index is 14.3. The van der Waals surface area contributed by atoms with Gasteiger partial charge in [0.2, 0.25) is 22.5 Å². The van der Waals surface area contributed by atoms with Gasteiger partial charge in [0, 0.05) is 18.0 Å². The number of carboxylic acid groups (broad SMARTS) is 2. The third-order valence-electron chi connectivity index (χ3n) is 8.12. The van der Waals surface area contributed by atoms with Crippen molar-refractivity contribution in [1.29, 1.82) is 0 Å². The standard InChI is InChI=1S/C15H15ClFN3O3S2.C14H10F4N4O7S.C8H6Cl2O3/c1-23-13(21)8-24-12-7-11(10(17)6-9(12)16)18-14-19-4-2-3-5-20(19)15(22)25-14;15-11(16)28-8-5-9(29-12(17)18)20-13(19-8)21-14(25)22-30(26,27)7-4-2-1-3-6(7)10(23)24;1-13-7-5(10)3-2-4(9)6(7)8(11)12/h6-7H,2-5,8H2,1H3;1-5,11-12H,(H,23,24)(H2,19,20,21,22,25);2-3H,1H3,(H,11,12)/b18-14-;;. The number of ether oxygens (including phenoxy) is 4. The minimum absolute atomic E-state index is 0.0605. The van der Waals surface area contributed by atoms with Crippen LogP contribution in [0.5, 0.6) is 17.5 Å². The highest BCUT2D eigenvalue weighted by Crippen LogP contribution is 2.34. The lowest BCUT2D eigenvalue weighted by molar-refractivity contribution is -0.137. The number of amides is 2. The maximum atomic E-state index is 14.3. The second-order valence-electron chi connectivity index (χ2n) is 12.5. The molecule has 6 rings (SSSR count). The van der Waals surface area contributed by atoms with Crippen LogP contribution in [-0.2, 0) is 32.6 Å². The third kappa shape index (κ3) is 15.2. The van der Waals surface area contributed by atoms with Crippen LogP contribution in [0.25, 0.3) is 0 Å². The number of aromatic nitrogens is 4. The number of aromatic carboxylic acids is 2. The zero-order valence-electron chi connectivity index (χ0n) is 34.3. The minimum atomic E-state index is -4.71. The van der Waals surface area contributed by atoms with Gasteiger partial charge in [0.1, 0.15) is 22.0 Å². The maximum Gasteiger partial charge on any atom is 0.388 e. The van der Waals surface area contributed by atoms with Crippen molar-refractivity contribution < 1.29 is 78.7 Å². The number of hydrogen-bond donors (Lipinski definition) is 4. The van der Waals surface area contributed by atoms with E-state index in [1.807, 2.05) is 0 Å². The first kappa shape index (κ1) is 54.4. The van der Waals surface area contributed by atoms with E-state index in [-0.39, 0.29) is 42.7 Å². The summed E-state index contributed by atoms with van der Waals surface area (Å²) in [5, 5.41) is 20.0. The van der Waals surface area contributed by atoms with Crippen molar-refractivity contribution in [3.8, 4) is 17.5 Å². The van der Waals surface area contributed by atoms with Crippen molar-refractivity contribution in [2.24, 2.45) is 4.99 Å². The first-order valence-electron chi connectivity index (χ1n) is 18.3. The number of carbonyl (C=O) groups is 4. The number of urea groups is 1. The summed E-state index contributed by atoms with van der Waals surface area (Å²) >= 11 is 19.5. The highest BCUT2D eigenvalue weighted by atomic mass is 35.5. The number of carbonyl (C=O) groups excluding carboxylic acids is 2. The molecule has 2 amide bonds. The summed E-state index contributed by atoms with van der Waals surface area (Å²) in [4.78, 5) is 68.1. The van der Waals surface area contributed by atoms with E-state index in [9.17, 15) is 54.3 Å². The largest absolute Gasteiger partial charge is 0.494 e. The number of nitrogens with zero attached hydrogens (tertiary/aromatic N) is 5. The molecule has 1 aliphatic rings. The zero-order chi connectivity index (χ0) is 50.5. The van der Waals surface area contributed by atoms with Gasteiger partial charge in [-0.15, -0.1) is 11.8 Å². The Morgan fingerprint density at radius 3 is 2.04 bits per heavy atom. The number of fused-ring (bicyclic) bond motifs is 1. The molecule has 0 saturated carbocycles. The quantitative estimate of drug-likeness (QED) is 0.0480. The fraction of sp³-hybridized carbons (Fsp3) is 0.243. The van der Waals surface area contributed by atoms with Gasteiger partial charge in [-0.3, -0.25) is 19.6 Å². The molecule has 5 aromatic rings. The minimum Gasteiger partial charge on any atom is -0.494 e. The van der Waals surface area contributed by atoms with Crippen LogP contribution in [0, 0.1) is 5.82 Å². The molecule has 0 spiro atoms. The van der Waals surface area contributed by atoms with Gasteiger partial charge in [-0.1, -0.05) is 46.9 Å². The second-order valence-corrected chi connectivity index (χ2v) is 17.4. The Kier molecular flexibility index (Phi) is 19.8. The van der Waals surface area contributed by atoms with Crippen molar-refractivity contribution >= 4 is 103 Å². The van der Waals surface area contributed by atoms with Crippen LogP contribution in [0.15, 0.2) is 74.2 Å². The van der Waals surface area contributed by atoms with Gasteiger partial charge in [-0.2, -0.15) is 27.5 Å². The number of benzene rings is 3. The van der Waals surface area contributed by atoms with Crippen LogP contribution >= 0.6 is 57.9 Å². The topological polar surface area (TPSA) is 269 Å². The van der Waals surface area contributed by atoms with E-state index in [2.05, 4.69) is 29.2 Å². The number of carboxylic acids is 2. The van der Waals surface area contributed by atoms with E-state index in [0.29, 0.717) is 28.9 Å². The third-order valence-corrected chi connectivity index (χ3v) is 12.4. The predicted molar refractivity (Wildman–Crippen MR) is 233 cm³/mol. The van der Waals surface area contributed by atoms with E-state index in [0.717, 1.165) is 54.1 Å². The van der Waals surface area contributed by atoms with Crippen molar-refractivity contribution in [1.82, 2.24) is 24.1 Å². The number of thioether (sulfide) groups is 1. The molecular formula is C37H31Cl3F5N7O13S3. The molecule has 4 N–H and O–H groups in total.